The SMILES string of the molecule is CO[C@H]1/C=C\COC(C)(C)C(=O)N=S(=O)(NC(=O)NC2CC2)c2ccc3c(c2)N(C[C@@H]2CC[C@H]21)C[C@@]1(CCCc2cc(Cl)ccc21)CO3. The molecule has 2 saturated carbocycles. The minimum atomic E-state index is -3.78. The van der Waals surface area contributed by atoms with Crippen molar-refractivity contribution < 1.29 is 28.0 Å². The zero-order valence-electron chi connectivity index (χ0n) is 27.8. The van der Waals surface area contributed by atoms with E-state index in [0.29, 0.717) is 30.7 Å². The molecule has 12 heteroatoms. The van der Waals surface area contributed by atoms with Gasteiger partial charge in [-0.3, -0.25) is 4.79 Å². The van der Waals surface area contributed by atoms with Crippen molar-refractivity contribution in [1.29, 1.82) is 0 Å². The summed E-state index contributed by atoms with van der Waals surface area (Å²) in [6, 6.07) is 10.8. The van der Waals surface area contributed by atoms with Crippen LogP contribution in [-0.4, -0.2) is 67.3 Å². The van der Waals surface area contributed by atoms with Gasteiger partial charge in [-0.05, 0) is 112 Å². The number of hydrogen-bond acceptors (Lipinski definition) is 7. The molecule has 7 rings (SSSR count). The highest BCUT2D eigenvalue weighted by Crippen LogP contribution is 2.47. The molecule has 0 aromatic heterocycles. The number of hydrogen-bond donors (Lipinski definition) is 2. The van der Waals surface area contributed by atoms with E-state index in [1.54, 1.807) is 39.2 Å². The molecule has 2 N–H and O–H groups in total. The lowest BCUT2D eigenvalue weighted by molar-refractivity contribution is -0.137. The average molecular weight is 697 g/mol. The molecule has 1 spiro atoms. The molecule has 3 amide bonds. The van der Waals surface area contributed by atoms with Crippen LogP contribution in [-0.2, 0) is 36.0 Å². The lowest BCUT2D eigenvalue weighted by Gasteiger charge is -2.46. The van der Waals surface area contributed by atoms with E-state index in [9.17, 15) is 13.8 Å². The molecule has 1 unspecified atom stereocenters. The number of amides is 3. The summed E-state index contributed by atoms with van der Waals surface area (Å²) in [5.74, 6) is 0.561. The number of nitrogens with one attached hydrogen (secondary N) is 2. The van der Waals surface area contributed by atoms with Crippen LogP contribution in [0.15, 0.2) is 57.8 Å². The second-order valence-electron chi connectivity index (χ2n) is 14.5. The summed E-state index contributed by atoms with van der Waals surface area (Å²) in [7, 11) is -2.04. The molecule has 10 nitrogen and oxygen atoms in total. The minimum Gasteiger partial charge on any atom is -0.490 e. The second-order valence-corrected chi connectivity index (χ2v) is 16.8. The van der Waals surface area contributed by atoms with Crippen molar-refractivity contribution in [3.05, 3.63) is 64.7 Å². The molecule has 2 aliphatic heterocycles. The van der Waals surface area contributed by atoms with Crippen LogP contribution in [0.1, 0.15) is 63.5 Å². The van der Waals surface area contributed by atoms with Gasteiger partial charge >= 0.3 is 6.03 Å². The maximum Gasteiger partial charge on any atom is 0.327 e. The number of ether oxygens (including phenoxy) is 3. The number of halogens is 1. The topological polar surface area (TPSA) is 119 Å². The van der Waals surface area contributed by atoms with Gasteiger partial charge < -0.3 is 24.4 Å². The third kappa shape index (κ3) is 6.58. The molecule has 0 saturated heterocycles. The highest BCUT2D eigenvalue weighted by Gasteiger charge is 2.45. The Balaban J connectivity index is 1.35. The van der Waals surface area contributed by atoms with Crippen molar-refractivity contribution in [3.63, 3.8) is 0 Å². The van der Waals surface area contributed by atoms with Crippen LogP contribution in [0.25, 0.3) is 0 Å². The van der Waals surface area contributed by atoms with Gasteiger partial charge in [-0.15, -0.1) is 4.36 Å². The van der Waals surface area contributed by atoms with E-state index in [4.69, 9.17) is 25.8 Å². The van der Waals surface area contributed by atoms with Gasteiger partial charge in [-0.2, -0.15) is 0 Å². The van der Waals surface area contributed by atoms with Gasteiger partial charge in [0, 0.05) is 36.7 Å². The van der Waals surface area contributed by atoms with Crippen molar-refractivity contribution in [2.45, 2.75) is 86.9 Å². The third-order valence-electron chi connectivity index (χ3n) is 10.7. The molecule has 258 valence electrons. The molecule has 2 bridgehead atoms. The van der Waals surface area contributed by atoms with Crippen molar-refractivity contribution in [2.24, 2.45) is 16.2 Å². The number of rotatable bonds is 3. The van der Waals surface area contributed by atoms with Crippen LogP contribution in [0.3, 0.4) is 0 Å². The summed E-state index contributed by atoms with van der Waals surface area (Å²) >= 11 is 6.45. The van der Waals surface area contributed by atoms with Crippen LogP contribution in [0, 0.1) is 11.8 Å². The zero-order chi connectivity index (χ0) is 33.7. The Morgan fingerprint density at radius 2 is 1.98 bits per heavy atom. The molecule has 2 aromatic rings. The number of urea groups is 1. The van der Waals surface area contributed by atoms with E-state index in [1.807, 2.05) is 18.2 Å². The molecule has 0 radical (unpaired) electrons. The summed E-state index contributed by atoms with van der Waals surface area (Å²) in [6.07, 6.45) is 10.5. The number of nitrogens with zero attached hydrogens (tertiary/aromatic N) is 2. The predicted molar refractivity (Wildman–Crippen MR) is 185 cm³/mol. The molecule has 2 fully saturated rings. The van der Waals surface area contributed by atoms with Crippen LogP contribution < -0.4 is 19.7 Å². The highest BCUT2D eigenvalue weighted by molar-refractivity contribution is 7.92. The van der Waals surface area contributed by atoms with E-state index >= 15 is 0 Å². The van der Waals surface area contributed by atoms with Gasteiger partial charge in [0.15, 0.2) is 9.92 Å². The van der Waals surface area contributed by atoms with Gasteiger partial charge in [0.05, 0.1) is 29.9 Å². The molecule has 3 aliphatic carbocycles. The van der Waals surface area contributed by atoms with Gasteiger partial charge in [0.1, 0.15) is 11.4 Å². The number of benzene rings is 2. The third-order valence-corrected chi connectivity index (χ3v) is 12.7. The van der Waals surface area contributed by atoms with E-state index in [-0.39, 0.29) is 29.1 Å². The van der Waals surface area contributed by atoms with Crippen molar-refractivity contribution in [3.8, 4) is 5.75 Å². The highest BCUT2D eigenvalue weighted by atomic mass is 35.5. The van der Waals surface area contributed by atoms with Crippen molar-refractivity contribution in [1.82, 2.24) is 10.0 Å². The molecular weight excluding hydrogens is 652 g/mol. The number of carbonyl (C=O) groups excluding carboxylic acids is 2. The summed E-state index contributed by atoms with van der Waals surface area (Å²) < 4.78 is 40.2. The summed E-state index contributed by atoms with van der Waals surface area (Å²) in [5.41, 5.74) is 1.59. The van der Waals surface area contributed by atoms with Crippen molar-refractivity contribution >= 4 is 39.1 Å². The van der Waals surface area contributed by atoms with E-state index in [0.717, 1.165) is 62.2 Å². The maximum absolute atomic E-state index is 14.8. The van der Waals surface area contributed by atoms with Gasteiger partial charge in [0.2, 0.25) is 0 Å². The van der Waals surface area contributed by atoms with Gasteiger partial charge in [-0.1, -0.05) is 29.8 Å². The first-order valence-electron chi connectivity index (χ1n) is 17.0. The summed E-state index contributed by atoms with van der Waals surface area (Å²) in [5, 5.41) is 3.56. The predicted octanol–water partition coefficient (Wildman–Crippen LogP) is 5.95. The fourth-order valence-corrected chi connectivity index (χ4v) is 9.39. The molecule has 48 heavy (non-hydrogen) atoms. The minimum absolute atomic E-state index is 0.0215. The smallest absolute Gasteiger partial charge is 0.327 e. The van der Waals surface area contributed by atoms with Crippen LogP contribution in [0.5, 0.6) is 5.75 Å². The summed E-state index contributed by atoms with van der Waals surface area (Å²) in [4.78, 5) is 29.3. The van der Waals surface area contributed by atoms with Gasteiger partial charge in [0.25, 0.3) is 5.91 Å². The molecular formula is C36H45ClN4O6S. The van der Waals surface area contributed by atoms with Gasteiger partial charge in [-0.25, -0.2) is 13.7 Å². The Morgan fingerprint density at radius 1 is 1.15 bits per heavy atom. The quantitative estimate of drug-likeness (QED) is 0.381. The monoisotopic (exact) mass is 696 g/mol. The summed E-state index contributed by atoms with van der Waals surface area (Å²) in [6.45, 7) is 5.24. The van der Waals surface area contributed by atoms with Crippen molar-refractivity contribution in [2.75, 3.05) is 38.3 Å². The Bertz CT molecular complexity index is 1750. The largest absolute Gasteiger partial charge is 0.490 e. The van der Waals surface area contributed by atoms with E-state index in [1.165, 1.54) is 11.1 Å². The zero-order valence-corrected chi connectivity index (χ0v) is 29.4. The molecule has 5 atom stereocenters. The number of methoxy groups -OCH3 is 1. The number of fused-ring (bicyclic) bond motifs is 4. The average Bonchev–Trinajstić information content (AvgIpc) is 3.87. The molecule has 2 heterocycles. The van der Waals surface area contributed by atoms with Crippen LogP contribution >= 0.6 is 11.6 Å². The lowest BCUT2D eigenvalue weighted by atomic mass is 9.68. The first-order valence-corrected chi connectivity index (χ1v) is 18.9. The first-order chi connectivity index (χ1) is 23.0. The maximum atomic E-state index is 14.8. The lowest BCUT2D eigenvalue weighted by Crippen LogP contribution is -2.49. The van der Waals surface area contributed by atoms with Crippen LogP contribution in [0.2, 0.25) is 5.02 Å². The van der Waals surface area contributed by atoms with Crippen LogP contribution in [0.4, 0.5) is 10.5 Å². The Morgan fingerprint density at radius 3 is 2.73 bits per heavy atom. The Hall–Kier alpha value is -3.12. The van der Waals surface area contributed by atoms with E-state index < -0.39 is 27.5 Å². The molecule has 2 aromatic carbocycles. The Kier molecular flexibility index (Phi) is 9.02. The fraction of sp³-hybridized carbons (Fsp3) is 0.556. The number of carbonyl (C=O) groups is 2. The number of anilines is 1. The first kappa shape index (κ1) is 33.4. The normalized spacial score (nSPS) is 32.0. The Labute approximate surface area is 288 Å². The number of aryl methyl sites for hydroxylation is 1. The fourth-order valence-electron chi connectivity index (χ4n) is 7.64. The molecule has 5 aliphatic rings. The standard InChI is InChI=1S/C36H45ClN4O6S/c1-35(2)33(42)39-48(44,40-34(43)38-26-10-11-26)27-12-15-32-30(19-27)41(20-24-8-13-28(24)31(45-3)7-5-17-47-35)21-36(22-46-32)16-4-6-23-18-25(37)9-14-29(23)36/h5,7,9,12,14-15,18-19,24,26,28,31H,4,6,8,10-11,13,16-17,20-22H2,1-3H3,(H2,38,39,40,42,43,44)/b7-5-/t24-,28+,31-,36-,48?/m0/s1. The van der Waals surface area contributed by atoms with E-state index in [2.05, 4.69) is 31.4 Å². The second kappa shape index (κ2) is 13.0.